The van der Waals surface area contributed by atoms with Gasteiger partial charge in [-0.25, -0.2) is 9.78 Å². The van der Waals surface area contributed by atoms with Crippen LogP contribution >= 0.6 is 11.3 Å². The number of benzene rings is 1. The molecule has 3 aromatic rings. The van der Waals surface area contributed by atoms with Gasteiger partial charge in [-0.1, -0.05) is 37.3 Å². The lowest BCUT2D eigenvalue weighted by atomic mass is 10.0. The van der Waals surface area contributed by atoms with Crippen LogP contribution in [0.2, 0.25) is 0 Å². The third-order valence-electron chi connectivity index (χ3n) is 5.61. The molecule has 1 N–H and O–H groups in total. The predicted molar refractivity (Wildman–Crippen MR) is 124 cm³/mol. The highest BCUT2D eigenvalue weighted by Gasteiger charge is 2.22. The molecular weight excluding hydrogens is 414 g/mol. The number of hydrogen-bond donors (Lipinski definition) is 1. The van der Waals surface area contributed by atoms with E-state index in [0.717, 1.165) is 31.1 Å². The SMILES string of the molecule is CCn1c(=O)c2sc(N3CCCC3)nc2n(CC(=O)Nc2ccc(C(C)C)cc2)c1=O. The van der Waals surface area contributed by atoms with Crippen LogP contribution in [0.15, 0.2) is 33.9 Å². The monoisotopic (exact) mass is 441 g/mol. The second-order valence-corrected chi connectivity index (χ2v) is 9.06. The fourth-order valence-electron chi connectivity index (χ4n) is 3.83. The predicted octanol–water partition coefficient (Wildman–Crippen LogP) is 3.00. The van der Waals surface area contributed by atoms with Gasteiger partial charge in [-0.15, -0.1) is 0 Å². The Bertz CT molecular complexity index is 1220. The van der Waals surface area contributed by atoms with E-state index in [9.17, 15) is 14.4 Å². The van der Waals surface area contributed by atoms with Crippen LogP contribution in [0.1, 0.15) is 45.1 Å². The minimum atomic E-state index is -0.511. The van der Waals surface area contributed by atoms with E-state index in [-0.39, 0.29) is 30.2 Å². The molecule has 4 rings (SSSR count). The molecule has 0 aliphatic carbocycles. The molecule has 0 spiro atoms. The van der Waals surface area contributed by atoms with Crippen LogP contribution in [0.4, 0.5) is 10.8 Å². The second kappa shape index (κ2) is 8.66. The molecule has 1 amide bonds. The topological polar surface area (TPSA) is 89.2 Å². The summed E-state index contributed by atoms with van der Waals surface area (Å²) in [5.74, 6) is 0.0684. The standard InChI is InChI=1S/C22H27N5O3S/c1-4-26-20(29)18-19(24-21(31-18)25-11-5-6-12-25)27(22(26)30)13-17(28)23-16-9-7-15(8-10-16)14(2)3/h7-10,14H,4-6,11-13H2,1-3H3,(H,23,28). The molecule has 164 valence electrons. The number of nitrogens with zero attached hydrogens (tertiary/aromatic N) is 4. The van der Waals surface area contributed by atoms with Crippen LogP contribution in [0.3, 0.4) is 0 Å². The van der Waals surface area contributed by atoms with Crippen LogP contribution in [0.5, 0.6) is 0 Å². The van der Waals surface area contributed by atoms with Gasteiger partial charge in [0.25, 0.3) is 5.56 Å². The molecule has 8 nitrogen and oxygen atoms in total. The van der Waals surface area contributed by atoms with Gasteiger partial charge >= 0.3 is 5.69 Å². The van der Waals surface area contributed by atoms with Crippen LogP contribution in [0.25, 0.3) is 10.3 Å². The van der Waals surface area contributed by atoms with Crippen molar-refractivity contribution in [3.05, 3.63) is 50.7 Å². The zero-order valence-corrected chi connectivity index (χ0v) is 18.9. The number of aromatic nitrogens is 3. The highest BCUT2D eigenvalue weighted by Crippen LogP contribution is 2.28. The minimum Gasteiger partial charge on any atom is -0.348 e. The van der Waals surface area contributed by atoms with E-state index in [4.69, 9.17) is 0 Å². The normalized spacial score (nSPS) is 14.0. The molecule has 9 heteroatoms. The number of carbonyl (C=O) groups is 1. The summed E-state index contributed by atoms with van der Waals surface area (Å²) in [6.45, 7) is 7.78. The van der Waals surface area contributed by atoms with Crippen molar-refractivity contribution in [3.63, 3.8) is 0 Å². The van der Waals surface area contributed by atoms with E-state index in [2.05, 4.69) is 29.0 Å². The van der Waals surface area contributed by atoms with Crippen molar-refractivity contribution in [1.29, 1.82) is 0 Å². The van der Waals surface area contributed by atoms with Crippen LogP contribution in [-0.4, -0.2) is 33.1 Å². The third-order valence-corrected chi connectivity index (χ3v) is 6.70. The Labute approximate surface area is 184 Å². The molecule has 0 atom stereocenters. The summed E-state index contributed by atoms with van der Waals surface area (Å²) in [7, 11) is 0. The Morgan fingerprint density at radius 1 is 1.13 bits per heavy atom. The first kappa shape index (κ1) is 21.3. The van der Waals surface area contributed by atoms with Crippen LogP contribution in [-0.2, 0) is 17.9 Å². The van der Waals surface area contributed by atoms with Gasteiger partial charge in [-0.2, -0.15) is 0 Å². The highest BCUT2D eigenvalue weighted by atomic mass is 32.1. The molecule has 0 radical (unpaired) electrons. The van der Waals surface area contributed by atoms with Gasteiger partial charge in [-0.3, -0.25) is 18.7 Å². The van der Waals surface area contributed by atoms with E-state index in [0.29, 0.717) is 16.3 Å². The van der Waals surface area contributed by atoms with E-state index < -0.39 is 5.69 Å². The van der Waals surface area contributed by atoms with Gasteiger partial charge in [0.15, 0.2) is 10.8 Å². The number of rotatable bonds is 6. The molecule has 0 saturated carbocycles. The largest absolute Gasteiger partial charge is 0.348 e. The van der Waals surface area contributed by atoms with Gasteiger partial charge in [0.05, 0.1) is 0 Å². The second-order valence-electron chi connectivity index (χ2n) is 8.09. The van der Waals surface area contributed by atoms with Crippen molar-refractivity contribution >= 4 is 38.4 Å². The van der Waals surface area contributed by atoms with Crippen LogP contribution in [0, 0.1) is 0 Å². The maximum Gasteiger partial charge on any atom is 0.333 e. The molecular formula is C22H27N5O3S. The molecule has 31 heavy (non-hydrogen) atoms. The maximum atomic E-state index is 13.0. The van der Waals surface area contributed by atoms with Crippen molar-refractivity contribution < 1.29 is 4.79 Å². The Hall–Kier alpha value is -2.94. The summed E-state index contributed by atoms with van der Waals surface area (Å²) in [4.78, 5) is 45.3. The van der Waals surface area contributed by atoms with E-state index in [1.807, 2.05) is 24.3 Å². The van der Waals surface area contributed by atoms with Crippen molar-refractivity contribution in [2.75, 3.05) is 23.3 Å². The molecule has 1 saturated heterocycles. The first-order chi connectivity index (χ1) is 14.9. The zero-order chi connectivity index (χ0) is 22.1. The number of hydrogen-bond acceptors (Lipinski definition) is 6. The van der Waals surface area contributed by atoms with E-state index in [1.54, 1.807) is 6.92 Å². The Kier molecular flexibility index (Phi) is 5.95. The van der Waals surface area contributed by atoms with E-state index in [1.165, 1.54) is 26.0 Å². The smallest absolute Gasteiger partial charge is 0.333 e. The Morgan fingerprint density at radius 3 is 2.42 bits per heavy atom. The maximum absolute atomic E-state index is 13.0. The first-order valence-electron chi connectivity index (χ1n) is 10.7. The summed E-state index contributed by atoms with van der Waals surface area (Å²) in [5, 5.41) is 3.57. The highest BCUT2D eigenvalue weighted by molar-refractivity contribution is 7.22. The van der Waals surface area contributed by atoms with Crippen molar-refractivity contribution in [1.82, 2.24) is 14.1 Å². The van der Waals surface area contributed by atoms with E-state index >= 15 is 0 Å². The van der Waals surface area contributed by atoms with Gasteiger partial charge in [0.1, 0.15) is 11.2 Å². The fourth-order valence-corrected chi connectivity index (χ4v) is 4.90. The first-order valence-corrected chi connectivity index (χ1v) is 11.5. The summed E-state index contributed by atoms with van der Waals surface area (Å²) >= 11 is 1.30. The van der Waals surface area contributed by atoms with Gasteiger partial charge in [-0.05, 0) is 43.4 Å². The summed E-state index contributed by atoms with van der Waals surface area (Å²) < 4.78 is 2.89. The molecule has 1 aromatic carbocycles. The van der Waals surface area contributed by atoms with Gasteiger partial charge in [0, 0.05) is 25.3 Å². The molecule has 2 aromatic heterocycles. The van der Waals surface area contributed by atoms with Gasteiger partial charge in [0.2, 0.25) is 5.91 Å². The number of nitrogens with one attached hydrogen (secondary N) is 1. The third kappa shape index (κ3) is 4.14. The van der Waals surface area contributed by atoms with Gasteiger partial charge < -0.3 is 10.2 Å². The number of thiazole rings is 1. The summed E-state index contributed by atoms with van der Waals surface area (Å²) in [5.41, 5.74) is 1.29. The van der Waals surface area contributed by atoms with Crippen molar-refractivity contribution in [3.8, 4) is 0 Å². The average Bonchev–Trinajstić information content (AvgIpc) is 3.42. The Morgan fingerprint density at radius 2 is 1.81 bits per heavy atom. The molecule has 0 bridgehead atoms. The summed E-state index contributed by atoms with van der Waals surface area (Å²) in [6.07, 6.45) is 2.17. The lowest BCUT2D eigenvalue weighted by molar-refractivity contribution is -0.116. The quantitative estimate of drug-likeness (QED) is 0.635. The molecule has 1 aliphatic heterocycles. The minimum absolute atomic E-state index is 0.204. The molecule has 3 heterocycles. The molecule has 1 fully saturated rings. The lowest BCUT2D eigenvalue weighted by Crippen LogP contribution is -2.41. The summed E-state index contributed by atoms with van der Waals surface area (Å²) in [6, 6.07) is 7.66. The Balaban J connectivity index is 1.67. The molecule has 0 unspecified atom stereocenters. The number of amides is 1. The lowest BCUT2D eigenvalue weighted by Gasteiger charge is -2.12. The fraction of sp³-hybridized carbons (Fsp3) is 0.455. The average molecular weight is 442 g/mol. The van der Waals surface area contributed by atoms with Crippen LogP contribution < -0.4 is 21.5 Å². The van der Waals surface area contributed by atoms with Crippen molar-refractivity contribution in [2.45, 2.75) is 52.6 Å². The number of anilines is 2. The van der Waals surface area contributed by atoms with Crippen molar-refractivity contribution in [2.24, 2.45) is 0 Å². The number of fused-ring (bicyclic) bond motifs is 1. The zero-order valence-electron chi connectivity index (χ0n) is 18.1. The number of carbonyl (C=O) groups excluding carboxylic acids is 1. The molecule has 1 aliphatic rings.